The smallest absolute Gasteiger partial charge is 0.313 e. The fraction of sp³-hybridized carbons (Fsp3) is 0.538. The topological polar surface area (TPSA) is 12.0 Å². The molecule has 0 saturated heterocycles. The van der Waals surface area contributed by atoms with Crippen molar-refractivity contribution in [2.24, 2.45) is 0 Å². The Kier molecular flexibility index (Phi) is 5.48. The molecule has 0 aliphatic carbocycles. The van der Waals surface area contributed by atoms with Gasteiger partial charge in [0.2, 0.25) is 0 Å². The SMILES string of the molecule is Cc1ccc(CNCCCCC(F)(F)F)cc1. The fourth-order valence-corrected chi connectivity index (χ4v) is 1.51. The van der Waals surface area contributed by atoms with Crippen LogP contribution in [-0.4, -0.2) is 12.7 Å². The number of hydrogen-bond donors (Lipinski definition) is 1. The Morgan fingerprint density at radius 3 is 2.29 bits per heavy atom. The van der Waals surface area contributed by atoms with Crippen molar-refractivity contribution in [1.29, 1.82) is 0 Å². The Morgan fingerprint density at radius 2 is 1.71 bits per heavy atom. The molecule has 0 saturated carbocycles. The third-order valence-corrected chi connectivity index (χ3v) is 2.51. The standard InChI is InChI=1S/C13H18F3N/c1-11-4-6-12(7-5-11)10-17-9-3-2-8-13(14,15)16/h4-7,17H,2-3,8-10H2,1H3. The van der Waals surface area contributed by atoms with E-state index in [1.807, 2.05) is 31.2 Å². The Hall–Kier alpha value is -1.03. The molecule has 0 amide bonds. The van der Waals surface area contributed by atoms with Crippen LogP contribution in [0.5, 0.6) is 0 Å². The molecular formula is C13H18F3N. The van der Waals surface area contributed by atoms with Gasteiger partial charge in [-0.1, -0.05) is 29.8 Å². The minimum absolute atomic E-state index is 0.199. The van der Waals surface area contributed by atoms with Crippen LogP contribution in [-0.2, 0) is 6.54 Å². The summed E-state index contributed by atoms with van der Waals surface area (Å²) in [5, 5.41) is 3.14. The van der Waals surface area contributed by atoms with E-state index in [1.165, 1.54) is 5.56 Å². The summed E-state index contributed by atoms with van der Waals surface area (Å²) in [4.78, 5) is 0. The van der Waals surface area contributed by atoms with Gasteiger partial charge in [0.15, 0.2) is 0 Å². The van der Waals surface area contributed by atoms with Crippen LogP contribution >= 0.6 is 0 Å². The quantitative estimate of drug-likeness (QED) is 0.751. The Labute approximate surface area is 100 Å². The Balaban J connectivity index is 2.07. The second-order valence-electron chi connectivity index (χ2n) is 4.23. The van der Waals surface area contributed by atoms with Crippen molar-refractivity contribution in [3.63, 3.8) is 0 Å². The summed E-state index contributed by atoms with van der Waals surface area (Å²) in [7, 11) is 0. The highest BCUT2D eigenvalue weighted by molar-refractivity contribution is 5.20. The van der Waals surface area contributed by atoms with E-state index in [0.29, 0.717) is 19.5 Å². The van der Waals surface area contributed by atoms with E-state index < -0.39 is 12.6 Å². The van der Waals surface area contributed by atoms with Gasteiger partial charge in [-0.3, -0.25) is 0 Å². The molecule has 0 fully saturated rings. The maximum Gasteiger partial charge on any atom is 0.389 e. The van der Waals surface area contributed by atoms with Crippen molar-refractivity contribution in [2.75, 3.05) is 6.54 Å². The van der Waals surface area contributed by atoms with Gasteiger partial charge in [-0.25, -0.2) is 0 Å². The lowest BCUT2D eigenvalue weighted by molar-refractivity contribution is -0.135. The van der Waals surface area contributed by atoms with E-state index in [4.69, 9.17) is 0 Å². The Bertz CT molecular complexity index is 316. The predicted molar refractivity (Wildman–Crippen MR) is 62.8 cm³/mol. The minimum atomic E-state index is -4.02. The van der Waals surface area contributed by atoms with Crippen LogP contribution in [0.3, 0.4) is 0 Å². The molecule has 0 radical (unpaired) electrons. The first-order valence-electron chi connectivity index (χ1n) is 5.80. The third kappa shape index (κ3) is 7.00. The first-order valence-corrected chi connectivity index (χ1v) is 5.80. The highest BCUT2D eigenvalue weighted by Gasteiger charge is 2.25. The zero-order valence-corrected chi connectivity index (χ0v) is 9.98. The van der Waals surface area contributed by atoms with Crippen molar-refractivity contribution in [3.8, 4) is 0 Å². The molecule has 0 aliphatic heterocycles. The molecule has 0 bridgehead atoms. The molecule has 1 rings (SSSR count). The summed E-state index contributed by atoms with van der Waals surface area (Å²) in [6.45, 7) is 3.37. The largest absolute Gasteiger partial charge is 0.389 e. The molecule has 0 heterocycles. The molecule has 96 valence electrons. The molecule has 0 spiro atoms. The van der Waals surface area contributed by atoms with Crippen LogP contribution < -0.4 is 5.32 Å². The van der Waals surface area contributed by atoms with E-state index >= 15 is 0 Å². The molecule has 0 aliphatic rings. The lowest BCUT2D eigenvalue weighted by Crippen LogP contribution is -2.15. The molecule has 1 aromatic carbocycles. The van der Waals surface area contributed by atoms with E-state index in [-0.39, 0.29) is 6.42 Å². The fourth-order valence-electron chi connectivity index (χ4n) is 1.51. The van der Waals surface area contributed by atoms with Crippen molar-refractivity contribution in [3.05, 3.63) is 35.4 Å². The third-order valence-electron chi connectivity index (χ3n) is 2.51. The van der Waals surface area contributed by atoms with Gasteiger partial charge in [0.25, 0.3) is 0 Å². The van der Waals surface area contributed by atoms with Gasteiger partial charge in [-0.05, 0) is 31.9 Å². The molecule has 17 heavy (non-hydrogen) atoms. The number of aryl methyl sites for hydroxylation is 1. The van der Waals surface area contributed by atoms with Crippen LogP contribution in [0.25, 0.3) is 0 Å². The zero-order valence-electron chi connectivity index (χ0n) is 9.98. The number of halogens is 3. The number of rotatable bonds is 6. The monoisotopic (exact) mass is 245 g/mol. The number of alkyl halides is 3. The summed E-state index contributed by atoms with van der Waals surface area (Å²) in [6.07, 6.45) is -3.94. The van der Waals surface area contributed by atoms with Crippen LogP contribution in [0.4, 0.5) is 13.2 Å². The average molecular weight is 245 g/mol. The first-order chi connectivity index (χ1) is 7.97. The van der Waals surface area contributed by atoms with Gasteiger partial charge >= 0.3 is 6.18 Å². The van der Waals surface area contributed by atoms with Crippen LogP contribution in [0.1, 0.15) is 30.4 Å². The second kappa shape index (κ2) is 6.64. The second-order valence-corrected chi connectivity index (χ2v) is 4.23. The van der Waals surface area contributed by atoms with Crippen LogP contribution in [0, 0.1) is 6.92 Å². The molecule has 1 aromatic rings. The molecule has 4 heteroatoms. The van der Waals surface area contributed by atoms with Gasteiger partial charge in [0, 0.05) is 13.0 Å². The average Bonchev–Trinajstić information content (AvgIpc) is 2.24. The van der Waals surface area contributed by atoms with Gasteiger partial charge in [0.1, 0.15) is 0 Å². The summed E-state index contributed by atoms with van der Waals surface area (Å²) in [6, 6.07) is 8.11. The number of benzene rings is 1. The van der Waals surface area contributed by atoms with E-state index in [1.54, 1.807) is 0 Å². The van der Waals surface area contributed by atoms with Gasteiger partial charge in [-0.15, -0.1) is 0 Å². The predicted octanol–water partition coefficient (Wildman–Crippen LogP) is 3.82. The lowest BCUT2D eigenvalue weighted by atomic mass is 10.1. The molecule has 0 unspecified atom stereocenters. The highest BCUT2D eigenvalue weighted by atomic mass is 19.4. The summed E-state index contributed by atoms with van der Waals surface area (Å²) in [5.74, 6) is 0. The zero-order chi connectivity index (χ0) is 12.7. The number of nitrogens with one attached hydrogen (secondary N) is 1. The number of unbranched alkanes of at least 4 members (excludes halogenated alkanes) is 1. The summed E-state index contributed by atoms with van der Waals surface area (Å²) in [5.41, 5.74) is 2.37. The van der Waals surface area contributed by atoms with E-state index in [2.05, 4.69) is 5.32 Å². The van der Waals surface area contributed by atoms with Gasteiger partial charge < -0.3 is 5.32 Å². The summed E-state index contributed by atoms with van der Waals surface area (Å²) >= 11 is 0. The van der Waals surface area contributed by atoms with Crippen molar-refractivity contribution < 1.29 is 13.2 Å². The number of hydrogen-bond acceptors (Lipinski definition) is 1. The lowest BCUT2D eigenvalue weighted by Gasteiger charge is -2.07. The van der Waals surface area contributed by atoms with Gasteiger partial charge in [-0.2, -0.15) is 13.2 Å². The maximum absolute atomic E-state index is 11.8. The van der Waals surface area contributed by atoms with Crippen LogP contribution in [0.15, 0.2) is 24.3 Å². The molecule has 1 N–H and O–H groups in total. The van der Waals surface area contributed by atoms with E-state index in [9.17, 15) is 13.2 Å². The van der Waals surface area contributed by atoms with Gasteiger partial charge in [0.05, 0.1) is 0 Å². The highest BCUT2D eigenvalue weighted by Crippen LogP contribution is 2.21. The normalized spacial score (nSPS) is 11.8. The van der Waals surface area contributed by atoms with Crippen molar-refractivity contribution in [2.45, 2.75) is 38.9 Å². The molecular weight excluding hydrogens is 227 g/mol. The van der Waals surface area contributed by atoms with Crippen LogP contribution in [0.2, 0.25) is 0 Å². The Morgan fingerprint density at radius 1 is 1.06 bits per heavy atom. The summed E-state index contributed by atoms with van der Waals surface area (Å²) < 4.78 is 35.5. The minimum Gasteiger partial charge on any atom is -0.313 e. The van der Waals surface area contributed by atoms with E-state index in [0.717, 1.165) is 5.56 Å². The molecule has 0 aromatic heterocycles. The van der Waals surface area contributed by atoms with Crippen molar-refractivity contribution in [1.82, 2.24) is 5.32 Å². The molecule has 0 atom stereocenters. The first kappa shape index (κ1) is 14.0. The molecule has 1 nitrogen and oxygen atoms in total. The van der Waals surface area contributed by atoms with Crippen molar-refractivity contribution >= 4 is 0 Å². The maximum atomic E-state index is 11.8.